The Morgan fingerprint density at radius 2 is 2.17 bits per heavy atom. The molecule has 1 atom stereocenters. The number of carboxylic acid groups (broad SMARTS) is 1. The van der Waals surface area contributed by atoms with Crippen molar-refractivity contribution in [2.75, 3.05) is 6.61 Å². The third kappa shape index (κ3) is 3.76. The molecule has 0 aromatic carbocycles. The third-order valence-corrected chi connectivity index (χ3v) is 3.68. The number of aliphatic hydroxyl groups is 1. The highest BCUT2D eigenvalue weighted by atomic mass is 32.2. The number of hydrogen-bond donors (Lipinski definition) is 3. The van der Waals surface area contributed by atoms with Gasteiger partial charge in [0.1, 0.15) is 0 Å². The number of pyridine rings is 1. The minimum Gasteiger partial charge on any atom is -0.478 e. The molecule has 0 saturated heterocycles. The monoisotopic (exact) mass is 274 g/mol. The van der Waals surface area contributed by atoms with E-state index in [1.165, 1.54) is 6.07 Å². The van der Waals surface area contributed by atoms with Crippen LogP contribution in [0.4, 0.5) is 0 Å². The van der Waals surface area contributed by atoms with Gasteiger partial charge in [-0.05, 0) is 25.5 Å². The maximum Gasteiger partial charge on any atom is 0.337 e. The first-order valence-corrected chi connectivity index (χ1v) is 6.67. The van der Waals surface area contributed by atoms with Crippen LogP contribution >= 0.6 is 0 Å². The Bertz CT molecular complexity index is 512. The van der Waals surface area contributed by atoms with Gasteiger partial charge in [-0.1, -0.05) is 0 Å². The van der Waals surface area contributed by atoms with E-state index in [1.807, 2.05) is 0 Å². The molecule has 3 N–H and O–H groups in total. The third-order valence-electron chi connectivity index (χ3n) is 2.18. The maximum absolute atomic E-state index is 11.8. The zero-order chi connectivity index (χ0) is 13.8. The first-order valence-electron chi connectivity index (χ1n) is 5.19. The molecule has 1 aromatic heterocycles. The standard InChI is InChI=1S/C10H14N2O5S/c1-7(4-5-13)12-18(16,17)9-3-2-8(6-11-9)10(14)15/h2-3,6-7,12-13H,4-5H2,1H3,(H,14,15). The highest BCUT2D eigenvalue weighted by Gasteiger charge is 2.18. The van der Waals surface area contributed by atoms with Crippen LogP contribution in [0.2, 0.25) is 0 Å². The van der Waals surface area contributed by atoms with E-state index in [2.05, 4.69) is 9.71 Å². The smallest absolute Gasteiger partial charge is 0.337 e. The van der Waals surface area contributed by atoms with Crippen molar-refractivity contribution in [3.05, 3.63) is 23.9 Å². The zero-order valence-corrected chi connectivity index (χ0v) is 10.5. The summed E-state index contributed by atoms with van der Waals surface area (Å²) in [4.78, 5) is 14.2. The van der Waals surface area contributed by atoms with Crippen LogP contribution in [0.5, 0.6) is 0 Å². The minimum atomic E-state index is -3.79. The summed E-state index contributed by atoms with van der Waals surface area (Å²) in [6.07, 6.45) is 1.26. The fourth-order valence-corrected chi connectivity index (χ4v) is 2.45. The first-order chi connectivity index (χ1) is 8.36. The molecule has 7 nitrogen and oxygen atoms in total. The molecule has 0 aliphatic carbocycles. The molecular weight excluding hydrogens is 260 g/mol. The summed E-state index contributed by atoms with van der Waals surface area (Å²) in [5.74, 6) is -1.17. The van der Waals surface area contributed by atoms with Crippen molar-refractivity contribution in [3.8, 4) is 0 Å². The molecule has 1 rings (SSSR count). The zero-order valence-electron chi connectivity index (χ0n) is 9.70. The number of nitrogens with zero attached hydrogens (tertiary/aromatic N) is 1. The second-order valence-corrected chi connectivity index (χ2v) is 5.39. The van der Waals surface area contributed by atoms with E-state index < -0.39 is 22.0 Å². The van der Waals surface area contributed by atoms with Crippen molar-refractivity contribution in [1.29, 1.82) is 0 Å². The summed E-state index contributed by atoms with van der Waals surface area (Å²) in [6.45, 7) is 1.48. The van der Waals surface area contributed by atoms with Crippen LogP contribution in [0.1, 0.15) is 23.7 Å². The molecule has 0 saturated carbocycles. The predicted octanol–water partition coefficient (Wildman–Crippen LogP) is -0.171. The average molecular weight is 274 g/mol. The molecule has 100 valence electrons. The van der Waals surface area contributed by atoms with Crippen LogP contribution in [-0.4, -0.2) is 42.2 Å². The van der Waals surface area contributed by atoms with Crippen molar-refractivity contribution in [2.24, 2.45) is 0 Å². The SMILES string of the molecule is CC(CCO)NS(=O)(=O)c1ccc(C(=O)O)cn1. The summed E-state index contributed by atoms with van der Waals surface area (Å²) in [7, 11) is -3.79. The molecule has 0 amide bonds. The number of aromatic carboxylic acids is 1. The lowest BCUT2D eigenvalue weighted by molar-refractivity contribution is 0.0696. The van der Waals surface area contributed by atoms with Crippen LogP contribution in [0.3, 0.4) is 0 Å². The largest absolute Gasteiger partial charge is 0.478 e. The van der Waals surface area contributed by atoms with E-state index in [1.54, 1.807) is 6.92 Å². The Labute approximate surface area is 105 Å². The fourth-order valence-electron chi connectivity index (χ4n) is 1.24. The lowest BCUT2D eigenvalue weighted by atomic mass is 10.3. The molecule has 0 aliphatic heterocycles. The van der Waals surface area contributed by atoms with E-state index in [0.29, 0.717) is 0 Å². The van der Waals surface area contributed by atoms with E-state index >= 15 is 0 Å². The van der Waals surface area contributed by atoms with Crippen LogP contribution in [0, 0.1) is 0 Å². The van der Waals surface area contributed by atoms with Gasteiger partial charge in [0.2, 0.25) is 0 Å². The number of hydrogen-bond acceptors (Lipinski definition) is 5. The molecule has 0 fully saturated rings. The fraction of sp³-hybridized carbons (Fsp3) is 0.400. The van der Waals surface area contributed by atoms with Gasteiger partial charge in [-0.15, -0.1) is 0 Å². The number of rotatable bonds is 6. The summed E-state index contributed by atoms with van der Waals surface area (Å²) < 4.78 is 25.9. The number of carbonyl (C=O) groups is 1. The Hall–Kier alpha value is -1.51. The van der Waals surface area contributed by atoms with Gasteiger partial charge in [-0.25, -0.2) is 22.9 Å². The highest BCUT2D eigenvalue weighted by molar-refractivity contribution is 7.89. The lowest BCUT2D eigenvalue weighted by Crippen LogP contribution is -2.33. The predicted molar refractivity (Wildman–Crippen MR) is 62.7 cm³/mol. The summed E-state index contributed by atoms with van der Waals surface area (Å²) in [6, 6.07) is 1.86. The topological polar surface area (TPSA) is 117 Å². The number of sulfonamides is 1. The average Bonchev–Trinajstić information content (AvgIpc) is 2.28. The van der Waals surface area contributed by atoms with Crippen LogP contribution in [-0.2, 0) is 10.0 Å². The first kappa shape index (κ1) is 14.6. The molecule has 8 heteroatoms. The molecular formula is C10H14N2O5S. The molecule has 1 aromatic rings. The number of carboxylic acids is 1. The lowest BCUT2D eigenvalue weighted by Gasteiger charge is -2.12. The second kappa shape index (κ2) is 5.89. The van der Waals surface area contributed by atoms with E-state index in [4.69, 9.17) is 10.2 Å². The van der Waals surface area contributed by atoms with Crippen molar-refractivity contribution < 1.29 is 23.4 Å². The van der Waals surface area contributed by atoms with E-state index in [-0.39, 0.29) is 23.6 Å². The van der Waals surface area contributed by atoms with Gasteiger partial charge in [-0.3, -0.25) is 0 Å². The maximum atomic E-state index is 11.8. The Morgan fingerprint density at radius 3 is 2.61 bits per heavy atom. The van der Waals surface area contributed by atoms with Crippen molar-refractivity contribution in [2.45, 2.75) is 24.4 Å². The molecule has 0 bridgehead atoms. The normalized spacial score (nSPS) is 13.2. The Morgan fingerprint density at radius 1 is 1.50 bits per heavy atom. The van der Waals surface area contributed by atoms with Gasteiger partial charge in [0.25, 0.3) is 10.0 Å². The molecule has 1 unspecified atom stereocenters. The number of aliphatic hydroxyl groups excluding tert-OH is 1. The number of aromatic nitrogens is 1. The molecule has 0 aliphatic rings. The van der Waals surface area contributed by atoms with Crippen molar-refractivity contribution in [1.82, 2.24) is 9.71 Å². The van der Waals surface area contributed by atoms with Crippen LogP contribution in [0.25, 0.3) is 0 Å². The van der Waals surface area contributed by atoms with Gasteiger partial charge in [0.05, 0.1) is 5.56 Å². The van der Waals surface area contributed by atoms with E-state index in [9.17, 15) is 13.2 Å². The van der Waals surface area contributed by atoms with Gasteiger partial charge in [0.15, 0.2) is 5.03 Å². The molecule has 18 heavy (non-hydrogen) atoms. The molecule has 1 heterocycles. The van der Waals surface area contributed by atoms with Crippen LogP contribution in [0.15, 0.2) is 23.4 Å². The second-order valence-electron chi connectivity index (χ2n) is 3.72. The quantitative estimate of drug-likeness (QED) is 0.663. The van der Waals surface area contributed by atoms with Crippen molar-refractivity contribution in [3.63, 3.8) is 0 Å². The Balaban J connectivity index is 2.88. The summed E-state index contributed by atoms with van der Waals surface area (Å²) in [5, 5.41) is 17.1. The van der Waals surface area contributed by atoms with Gasteiger partial charge < -0.3 is 10.2 Å². The van der Waals surface area contributed by atoms with Gasteiger partial charge >= 0.3 is 5.97 Å². The minimum absolute atomic E-state index is 0.0858. The Kier molecular flexibility index (Phi) is 4.76. The van der Waals surface area contributed by atoms with E-state index in [0.717, 1.165) is 12.3 Å². The summed E-state index contributed by atoms with van der Waals surface area (Å²) in [5.41, 5.74) is -0.0858. The van der Waals surface area contributed by atoms with Crippen molar-refractivity contribution >= 4 is 16.0 Å². The molecule has 0 spiro atoms. The summed E-state index contributed by atoms with van der Waals surface area (Å²) >= 11 is 0. The van der Waals surface area contributed by atoms with Gasteiger partial charge in [0, 0.05) is 18.8 Å². The molecule has 0 radical (unpaired) electrons. The number of nitrogens with one attached hydrogen (secondary N) is 1. The van der Waals surface area contributed by atoms with Gasteiger partial charge in [-0.2, -0.15) is 0 Å². The van der Waals surface area contributed by atoms with Crippen LogP contribution < -0.4 is 4.72 Å². The highest BCUT2D eigenvalue weighted by Crippen LogP contribution is 2.08.